The number of hydrogen-bond donors (Lipinski definition) is 1. The van der Waals surface area contributed by atoms with Gasteiger partial charge in [-0.25, -0.2) is 0 Å². The number of nitrogens with one attached hydrogen (secondary N) is 1. The average molecular weight is 358 g/mol. The third-order valence-corrected chi connectivity index (χ3v) is 5.14. The fourth-order valence-corrected chi connectivity index (χ4v) is 3.38. The molecule has 0 bridgehead atoms. The van der Waals surface area contributed by atoms with Crippen molar-refractivity contribution in [2.45, 2.75) is 24.7 Å². The third kappa shape index (κ3) is 3.31. The smallest absolute Gasteiger partial charge is 0.230 e. The largest absolute Gasteiger partial charge is 0.486 e. The molecule has 0 aromatic heterocycles. The number of amides is 1. The molecule has 25 heavy (non-hydrogen) atoms. The molecule has 130 valence electrons. The van der Waals surface area contributed by atoms with Crippen LogP contribution in [0.4, 0.5) is 0 Å². The molecule has 0 saturated heterocycles. The minimum absolute atomic E-state index is 0.0955. The van der Waals surface area contributed by atoms with Gasteiger partial charge in [-0.05, 0) is 54.7 Å². The molecule has 1 heterocycles. The molecule has 2 aliphatic rings. The highest BCUT2D eigenvalue weighted by atomic mass is 35.5. The van der Waals surface area contributed by atoms with Gasteiger partial charge in [0.25, 0.3) is 0 Å². The summed E-state index contributed by atoms with van der Waals surface area (Å²) in [5, 5.41) is 3.81. The van der Waals surface area contributed by atoms with Crippen molar-refractivity contribution in [2.24, 2.45) is 0 Å². The zero-order valence-corrected chi connectivity index (χ0v) is 14.6. The minimum Gasteiger partial charge on any atom is -0.486 e. The van der Waals surface area contributed by atoms with Gasteiger partial charge in [0.1, 0.15) is 13.2 Å². The van der Waals surface area contributed by atoms with Crippen LogP contribution in [-0.4, -0.2) is 25.7 Å². The Kier molecular flexibility index (Phi) is 4.30. The zero-order valence-electron chi connectivity index (χ0n) is 13.9. The number of fused-ring (bicyclic) bond motifs is 1. The Morgan fingerprint density at radius 2 is 1.76 bits per heavy atom. The van der Waals surface area contributed by atoms with Crippen LogP contribution in [0.2, 0.25) is 5.02 Å². The van der Waals surface area contributed by atoms with E-state index in [0.29, 0.717) is 19.8 Å². The van der Waals surface area contributed by atoms with Crippen molar-refractivity contribution in [3.8, 4) is 11.5 Å². The van der Waals surface area contributed by atoms with Crippen molar-refractivity contribution < 1.29 is 14.3 Å². The lowest BCUT2D eigenvalue weighted by Gasteiger charge is -2.21. The number of halogens is 1. The van der Waals surface area contributed by atoms with Gasteiger partial charge in [-0.15, -0.1) is 0 Å². The van der Waals surface area contributed by atoms with Gasteiger partial charge in [0.15, 0.2) is 11.5 Å². The van der Waals surface area contributed by atoms with Gasteiger partial charge < -0.3 is 14.8 Å². The Balaban J connectivity index is 1.40. The van der Waals surface area contributed by atoms with Crippen molar-refractivity contribution >= 4 is 17.5 Å². The van der Waals surface area contributed by atoms with E-state index in [1.54, 1.807) is 0 Å². The predicted molar refractivity (Wildman–Crippen MR) is 96.5 cm³/mol. The van der Waals surface area contributed by atoms with E-state index in [4.69, 9.17) is 21.1 Å². The fraction of sp³-hybridized carbons (Fsp3) is 0.350. The first-order valence-electron chi connectivity index (χ1n) is 8.60. The van der Waals surface area contributed by atoms with Crippen molar-refractivity contribution in [3.05, 3.63) is 58.6 Å². The maximum absolute atomic E-state index is 12.7. The monoisotopic (exact) mass is 357 g/mol. The van der Waals surface area contributed by atoms with E-state index in [-0.39, 0.29) is 5.91 Å². The minimum atomic E-state index is -0.407. The first-order chi connectivity index (χ1) is 12.2. The number of ether oxygens (including phenoxy) is 2. The summed E-state index contributed by atoms with van der Waals surface area (Å²) in [5.41, 5.74) is 1.77. The van der Waals surface area contributed by atoms with Gasteiger partial charge in [0.05, 0.1) is 5.41 Å². The number of carbonyl (C=O) groups excluding carboxylic acids is 1. The molecule has 1 aliphatic carbocycles. The number of hydrogen-bond acceptors (Lipinski definition) is 3. The van der Waals surface area contributed by atoms with E-state index in [2.05, 4.69) is 5.32 Å². The molecule has 2 aromatic rings. The summed E-state index contributed by atoms with van der Waals surface area (Å²) in [7, 11) is 0. The molecule has 0 unspecified atom stereocenters. The van der Waals surface area contributed by atoms with Gasteiger partial charge in [-0.3, -0.25) is 4.79 Å². The normalized spacial score (nSPS) is 17.0. The summed E-state index contributed by atoms with van der Waals surface area (Å²) < 4.78 is 11.2. The highest BCUT2D eigenvalue weighted by Gasteiger charge is 2.51. The Bertz CT molecular complexity index is 784. The summed E-state index contributed by atoms with van der Waals surface area (Å²) in [6.45, 7) is 1.74. The molecular weight excluding hydrogens is 338 g/mol. The van der Waals surface area contributed by atoms with Crippen LogP contribution in [0.25, 0.3) is 0 Å². The Hall–Kier alpha value is -2.20. The maximum atomic E-state index is 12.7. The molecule has 5 heteroatoms. The van der Waals surface area contributed by atoms with Gasteiger partial charge >= 0.3 is 0 Å². The molecule has 2 aromatic carbocycles. The quantitative estimate of drug-likeness (QED) is 0.890. The van der Waals surface area contributed by atoms with E-state index < -0.39 is 5.41 Å². The molecule has 4 nitrogen and oxygen atoms in total. The second kappa shape index (κ2) is 6.60. The van der Waals surface area contributed by atoms with Crippen LogP contribution in [0, 0.1) is 0 Å². The topological polar surface area (TPSA) is 47.6 Å². The molecule has 0 radical (unpaired) electrons. The summed E-state index contributed by atoms with van der Waals surface area (Å²) in [6.07, 6.45) is 2.54. The predicted octanol–water partition coefficient (Wildman–Crippen LogP) is 3.50. The van der Waals surface area contributed by atoms with Gasteiger partial charge in [0.2, 0.25) is 5.91 Å². The molecule has 1 saturated carbocycles. The molecule has 0 atom stereocenters. The summed E-state index contributed by atoms with van der Waals surface area (Å²) in [4.78, 5) is 12.7. The van der Waals surface area contributed by atoms with E-state index in [1.165, 1.54) is 0 Å². The van der Waals surface area contributed by atoms with Crippen LogP contribution in [0.3, 0.4) is 0 Å². The van der Waals surface area contributed by atoms with Crippen LogP contribution in [0.1, 0.15) is 24.0 Å². The van der Waals surface area contributed by atoms with E-state index in [9.17, 15) is 4.79 Å². The molecule has 1 N–H and O–H groups in total. The van der Waals surface area contributed by atoms with Crippen molar-refractivity contribution in [3.63, 3.8) is 0 Å². The lowest BCUT2D eigenvalue weighted by atomic mass is 9.94. The van der Waals surface area contributed by atoms with Gasteiger partial charge in [-0.1, -0.05) is 29.8 Å². The standard InChI is InChI=1S/C20H20ClNO3/c21-16-4-1-14(2-5-16)7-10-22-19(23)20(8-9-20)15-3-6-17-18(13-15)25-12-11-24-17/h1-6,13H,7-12H2,(H,22,23). The van der Waals surface area contributed by atoms with Crippen molar-refractivity contribution in [1.82, 2.24) is 5.32 Å². The third-order valence-electron chi connectivity index (χ3n) is 4.89. The van der Waals surface area contributed by atoms with Gasteiger partial charge in [0, 0.05) is 11.6 Å². The second-order valence-corrected chi connectivity index (χ2v) is 7.01. The lowest BCUT2D eigenvalue weighted by molar-refractivity contribution is -0.123. The first-order valence-corrected chi connectivity index (χ1v) is 8.98. The SMILES string of the molecule is O=C(NCCc1ccc(Cl)cc1)C1(c2ccc3c(c2)OCCO3)CC1. The molecule has 0 spiro atoms. The lowest BCUT2D eigenvalue weighted by Crippen LogP contribution is -2.36. The molecule has 1 amide bonds. The number of benzene rings is 2. The zero-order chi connectivity index (χ0) is 17.3. The Morgan fingerprint density at radius 3 is 2.48 bits per heavy atom. The number of rotatable bonds is 5. The van der Waals surface area contributed by atoms with E-state index in [1.807, 2.05) is 42.5 Å². The molecule has 4 rings (SSSR count). The van der Waals surface area contributed by atoms with E-state index >= 15 is 0 Å². The number of carbonyl (C=O) groups is 1. The maximum Gasteiger partial charge on any atom is 0.230 e. The van der Waals surface area contributed by atoms with Crippen LogP contribution < -0.4 is 14.8 Å². The highest BCUT2D eigenvalue weighted by molar-refractivity contribution is 6.30. The van der Waals surface area contributed by atoms with Crippen molar-refractivity contribution in [2.75, 3.05) is 19.8 Å². The Labute approximate surface area is 152 Å². The molecule has 1 aliphatic heterocycles. The van der Waals surface area contributed by atoms with E-state index in [0.717, 1.165) is 46.9 Å². The first kappa shape index (κ1) is 16.3. The molecular formula is C20H20ClNO3. The van der Waals surface area contributed by atoms with Crippen LogP contribution in [-0.2, 0) is 16.6 Å². The highest BCUT2D eigenvalue weighted by Crippen LogP contribution is 2.50. The summed E-state index contributed by atoms with van der Waals surface area (Å²) in [5.74, 6) is 1.59. The van der Waals surface area contributed by atoms with Crippen LogP contribution in [0.5, 0.6) is 11.5 Å². The van der Waals surface area contributed by atoms with Crippen molar-refractivity contribution in [1.29, 1.82) is 0 Å². The summed E-state index contributed by atoms with van der Waals surface area (Å²) >= 11 is 5.89. The van der Waals surface area contributed by atoms with Crippen LogP contribution >= 0.6 is 11.6 Å². The second-order valence-electron chi connectivity index (χ2n) is 6.57. The fourth-order valence-electron chi connectivity index (χ4n) is 3.25. The van der Waals surface area contributed by atoms with Crippen LogP contribution in [0.15, 0.2) is 42.5 Å². The average Bonchev–Trinajstić information content (AvgIpc) is 3.45. The Morgan fingerprint density at radius 1 is 1.04 bits per heavy atom. The summed E-state index contributed by atoms with van der Waals surface area (Å²) in [6, 6.07) is 13.6. The molecule has 1 fully saturated rings. The van der Waals surface area contributed by atoms with Gasteiger partial charge in [-0.2, -0.15) is 0 Å².